The summed E-state index contributed by atoms with van der Waals surface area (Å²) in [4.78, 5) is 4.93. The molecule has 0 spiro atoms. The minimum Gasteiger partial charge on any atom is -0.323 e. The average molecular weight is 279 g/mol. The summed E-state index contributed by atoms with van der Waals surface area (Å²) in [6.45, 7) is 10.9. The molecule has 1 aliphatic rings. The third-order valence-electron chi connectivity index (χ3n) is 4.43. The smallest absolute Gasteiger partial charge is 0.123 e. The monoisotopic (exact) mass is 279 g/mol. The van der Waals surface area contributed by atoms with Crippen LogP contribution in [0.3, 0.4) is 0 Å². The highest BCUT2D eigenvalue weighted by molar-refractivity contribution is 5.21. The zero-order valence-corrected chi connectivity index (χ0v) is 12.7. The van der Waals surface area contributed by atoms with Crippen molar-refractivity contribution in [2.75, 3.05) is 26.2 Å². The van der Waals surface area contributed by atoms with E-state index in [4.69, 9.17) is 5.73 Å². The third kappa shape index (κ3) is 3.57. The molecule has 0 amide bonds. The summed E-state index contributed by atoms with van der Waals surface area (Å²) in [5.74, 6) is -0.209. The molecule has 1 heterocycles. The summed E-state index contributed by atoms with van der Waals surface area (Å²) < 4.78 is 13.0. The highest BCUT2D eigenvalue weighted by Crippen LogP contribution is 2.20. The quantitative estimate of drug-likeness (QED) is 0.917. The lowest BCUT2D eigenvalue weighted by molar-refractivity contribution is 0.0749. The van der Waals surface area contributed by atoms with E-state index in [2.05, 4.69) is 30.6 Å². The minimum absolute atomic E-state index is 0.0683. The van der Waals surface area contributed by atoms with Crippen molar-refractivity contribution in [2.24, 2.45) is 5.73 Å². The molecular weight excluding hydrogens is 253 g/mol. The molecule has 2 unspecified atom stereocenters. The molecule has 0 saturated carbocycles. The lowest BCUT2D eigenvalue weighted by atomic mass is 9.99. The topological polar surface area (TPSA) is 32.5 Å². The molecule has 0 aromatic heterocycles. The van der Waals surface area contributed by atoms with E-state index in [1.807, 2.05) is 0 Å². The summed E-state index contributed by atoms with van der Waals surface area (Å²) in [5, 5.41) is 0. The van der Waals surface area contributed by atoms with Crippen molar-refractivity contribution in [2.45, 2.75) is 38.9 Å². The second-order valence-corrected chi connectivity index (χ2v) is 5.98. The van der Waals surface area contributed by atoms with Crippen molar-refractivity contribution in [1.29, 1.82) is 0 Å². The fraction of sp³-hybridized carbons (Fsp3) is 0.625. The molecular formula is C16H26FN3. The van der Waals surface area contributed by atoms with Crippen molar-refractivity contribution in [3.05, 3.63) is 35.6 Å². The van der Waals surface area contributed by atoms with Gasteiger partial charge in [-0.15, -0.1) is 0 Å². The molecule has 3 nitrogen and oxygen atoms in total. The molecule has 0 radical (unpaired) electrons. The molecule has 2 atom stereocenters. The van der Waals surface area contributed by atoms with Gasteiger partial charge < -0.3 is 5.73 Å². The van der Waals surface area contributed by atoms with Crippen LogP contribution in [0.1, 0.15) is 32.4 Å². The van der Waals surface area contributed by atoms with Crippen molar-refractivity contribution >= 4 is 0 Å². The maximum absolute atomic E-state index is 13.0. The molecule has 2 rings (SSSR count). The van der Waals surface area contributed by atoms with E-state index in [-0.39, 0.29) is 17.9 Å². The molecule has 0 bridgehead atoms. The summed E-state index contributed by atoms with van der Waals surface area (Å²) in [6.07, 6.45) is 0. The Morgan fingerprint density at radius 1 is 0.950 bits per heavy atom. The number of hydrogen-bond donors (Lipinski definition) is 1. The van der Waals surface area contributed by atoms with E-state index < -0.39 is 0 Å². The Labute approximate surface area is 121 Å². The van der Waals surface area contributed by atoms with Crippen LogP contribution in [-0.4, -0.2) is 48.1 Å². The molecule has 1 fully saturated rings. The Kier molecular flexibility index (Phi) is 5.13. The molecule has 20 heavy (non-hydrogen) atoms. The fourth-order valence-electron chi connectivity index (χ4n) is 2.85. The first-order valence-corrected chi connectivity index (χ1v) is 7.48. The highest BCUT2D eigenvalue weighted by Gasteiger charge is 2.26. The van der Waals surface area contributed by atoms with Gasteiger partial charge in [-0.25, -0.2) is 4.39 Å². The van der Waals surface area contributed by atoms with E-state index in [9.17, 15) is 4.39 Å². The van der Waals surface area contributed by atoms with Crippen molar-refractivity contribution in [3.63, 3.8) is 0 Å². The first-order valence-electron chi connectivity index (χ1n) is 7.48. The number of piperazine rings is 1. The Hall–Kier alpha value is -0.970. The predicted molar refractivity (Wildman–Crippen MR) is 81.1 cm³/mol. The van der Waals surface area contributed by atoms with Crippen molar-refractivity contribution in [1.82, 2.24) is 9.80 Å². The van der Waals surface area contributed by atoms with Crippen LogP contribution < -0.4 is 5.73 Å². The molecule has 4 heteroatoms. The van der Waals surface area contributed by atoms with Crippen LogP contribution in [-0.2, 0) is 0 Å². The van der Waals surface area contributed by atoms with Crippen LogP contribution in [0.2, 0.25) is 0 Å². The van der Waals surface area contributed by atoms with Crippen LogP contribution in [0.15, 0.2) is 24.3 Å². The molecule has 2 N–H and O–H groups in total. The van der Waals surface area contributed by atoms with Gasteiger partial charge >= 0.3 is 0 Å². The maximum atomic E-state index is 13.0. The van der Waals surface area contributed by atoms with E-state index in [0.29, 0.717) is 6.04 Å². The number of rotatable bonds is 4. The lowest BCUT2D eigenvalue weighted by Crippen LogP contribution is -2.53. The summed E-state index contributed by atoms with van der Waals surface area (Å²) in [6, 6.07) is 7.37. The Bertz CT molecular complexity index is 410. The summed E-state index contributed by atoms with van der Waals surface area (Å²) in [5.41, 5.74) is 7.34. The molecule has 112 valence electrons. The number of halogens is 1. The molecule has 1 aromatic rings. The summed E-state index contributed by atoms with van der Waals surface area (Å²) >= 11 is 0. The number of benzene rings is 1. The second kappa shape index (κ2) is 6.66. The number of nitrogens with two attached hydrogens (primary N) is 1. The van der Waals surface area contributed by atoms with E-state index >= 15 is 0 Å². The third-order valence-corrected chi connectivity index (χ3v) is 4.43. The zero-order chi connectivity index (χ0) is 14.7. The van der Waals surface area contributed by atoms with E-state index in [0.717, 1.165) is 31.7 Å². The fourth-order valence-corrected chi connectivity index (χ4v) is 2.85. The normalized spacial score (nSPS) is 21.1. The van der Waals surface area contributed by atoms with Gasteiger partial charge in [-0.2, -0.15) is 0 Å². The molecule has 1 aliphatic heterocycles. The Morgan fingerprint density at radius 3 is 1.95 bits per heavy atom. The SMILES string of the molecule is CC(C)N1CCN(C(C)C(N)c2ccc(F)cc2)CC1. The Balaban J connectivity index is 1.94. The van der Waals surface area contributed by atoms with Gasteiger partial charge in [0.2, 0.25) is 0 Å². The highest BCUT2D eigenvalue weighted by atomic mass is 19.1. The van der Waals surface area contributed by atoms with Crippen LogP contribution in [0.25, 0.3) is 0 Å². The van der Waals surface area contributed by atoms with Crippen LogP contribution >= 0.6 is 0 Å². The van der Waals surface area contributed by atoms with Gasteiger partial charge in [0.25, 0.3) is 0 Å². The van der Waals surface area contributed by atoms with Gasteiger partial charge in [-0.3, -0.25) is 9.80 Å². The molecule has 0 aliphatic carbocycles. The lowest BCUT2D eigenvalue weighted by Gasteiger charge is -2.41. The van der Waals surface area contributed by atoms with Gasteiger partial charge in [0.1, 0.15) is 5.82 Å². The molecule has 1 aromatic carbocycles. The largest absolute Gasteiger partial charge is 0.323 e. The van der Waals surface area contributed by atoms with E-state index in [1.165, 1.54) is 12.1 Å². The summed E-state index contributed by atoms with van der Waals surface area (Å²) in [7, 11) is 0. The zero-order valence-electron chi connectivity index (χ0n) is 12.7. The van der Waals surface area contributed by atoms with Crippen LogP contribution in [0.4, 0.5) is 4.39 Å². The van der Waals surface area contributed by atoms with Gasteiger partial charge in [-0.1, -0.05) is 12.1 Å². The number of nitrogens with zero attached hydrogens (tertiary/aromatic N) is 2. The maximum Gasteiger partial charge on any atom is 0.123 e. The van der Waals surface area contributed by atoms with E-state index in [1.54, 1.807) is 12.1 Å². The first-order chi connectivity index (χ1) is 9.49. The van der Waals surface area contributed by atoms with Gasteiger partial charge in [0.05, 0.1) is 0 Å². The minimum atomic E-state index is -0.209. The van der Waals surface area contributed by atoms with Crippen molar-refractivity contribution in [3.8, 4) is 0 Å². The Morgan fingerprint density at radius 2 is 1.45 bits per heavy atom. The van der Waals surface area contributed by atoms with Gasteiger partial charge in [-0.05, 0) is 38.5 Å². The van der Waals surface area contributed by atoms with Gasteiger partial charge in [0, 0.05) is 44.3 Å². The second-order valence-electron chi connectivity index (χ2n) is 5.98. The molecule has 1 saturated heterocycles. The average Bonchev–Trinajstić information content (AvgIpc) is 2.46. The van der Waals surface area contributed by atoms with Crippen LogP contribution in [0.5, 0.6) is 0 Å². The first kappa shape index (κ1) is 15.4. The predicted octanol–water partition coefficient (Wildman–Crippen LogP) is 2.24. The van der Waals surface area contributed by atoms with Gasteiger partial charge in [0.15, 0.2) is 0 Å². The van der Waals surface area contributed by atoms with Crippen LogP contribution in [0, 0.1) is 5.82 Å². The van der Waals surface area contributed by atoms with Crippen molar-refractivity contribution < 1.29 is 4.39 Å². The standard InChI is InChI=1S/C16H26FN3/c1-12(2)19-8-10-20(11-9-19)13(3)16(18)14-4-6-15(17)7-5-14/h4-7,12-13,16H,8-11,18H2,1-3H3. The number of hydrogen-bond acceptors (Lipinski definition) is 3.